The van der Waals surface area contributed by atoms with E-state index >= 15 is 0 Å². The van der Waals surface area contributed by atoms with Crippen LogP contribution in [0.4, 0.5) is 0 Å². The Hall–Kier alpha value is -1.49. The van der Waals surface area contributed by atoms with Gasteiger partial charge in [0.25, 0.3) is 0 Å². The van der Waals surface area contributed by atoms with Gasteiger partial charge >= 0.3 is 5.97 Å². The summed E-state index contributed by atoms with van der Waals surface area (Å²) in [5.74, 6) is -1.44. The topological polar surface area (TPSA) is 133 Å². The summed E-state index contributed by atoms with van der Waals surface area (Å²) >= 11 is 0. The van der Waals surface area contributed by atoms with E-state index < -0.39 is 26.6 Å². The predicted octanol–water partition coefficient (Wildman–Crippen LogP) is -0.954. The third-order valence-corrected chi connectivity index (χ3v) is 4.65. The Morgan fingerprint density at radius 2 is 2.10 bits per heavy atom. The van der Waals surface area contributed by atoms with Gasteiger partial charge in [-0.25, -0.2) is 13.2 Å². The molecule has 114 valence electrons. The van der Waals surface area contributed by atoms with Gasteiger partial charge in [-0.05, 0) is 6.92 Å². The predicted molar refractivity (Wildman–Crippen MR) is 68.0 cm³/mol. The molecule has 20 heavy (non-hydrogen) atoms. The maximum Gasteiger partial charge on any atom is 0.357 e. The Kier molecular flexibility index (Phi) is 5.62. The minimum absolute atomic E-state index is 0.00305. The van der Waals surface area contributed by atoms with E-state index in [2.05, 4.69) is 10.2 Å². The van der Waals surface area contributed by atoms with E-state index in [1.165, 1.54) is 14.0 Å². The highest BCUT2D eigenvalue weighted by Gasteiger charge is 2.33. The molecule has 0 bridgehead atoms. The van der Waals surface area contributed by atoms with E-state index in [0.717, 1.165) is 4.31 Å². The van der Waals surface area contributed by atoms with Gasteiger partial charge in [0.05, 0.1) is 18.9 Å². The highest BCUT2D eigenvalue weighted by molar-refractivity contribution is 7.89. The summed E-state index contributed by atoms with van der Waals surface area (Å²) in [5, 5.41) is 23.8. The highest BCUT2D eigenvalue weighted by Crippen LogP contribution is 2.22. The summed E-state index contributed by atoms with van der Waals surface area (Å²) in [7, 11) is -2.67. The Morgan fingerprint density at radius 3 is 2.60 bits per heavy atom. The first-order valence-electron chi connectivity index (χ1n) is 5.74. The molecule has 10 heteroatoms. The minimum Gasteiger partial charge on any atom is -0.476 e. The van der Waals surface area contributed by atoms with Gasteiger partial charge in [0.15, 0.2) is 5.69 Å². The van der Waals surface area contributed by atoms with Crippen molar-refractivity contribution in [3.05, 3.63) is 11.4 Å². The Morgan fingerprint density at radius 1 is 1.45 bits per heavy atom. The summed E-state index contributed by atoms with van der Waals surface area (Å²) in [4.78, 5) is 10.6. The fourth-order valence-corrected chi connectivity index (χ4v) is 3.37. The number of aromatic amines is 1. The van der Waals surface area contributed by atoms with Gasteiger partial charge in [-0.15, -0.1) is 0 Å². The molecular weight excluding hydrogens is 290 g/mol. The Labute approximate surface area is 116 Å². The van der Waals surface area contributed by atoms with E-state index in [9.17, 15) is 13.2 Å². The van der Waals surface area contributed by atoms with Crippen molar-refractivity contribution in [2.45, 2.75) is 11.8 Å². The van der Waals surface area contributed by atoms with E-state index in [4.69, 9.17) is 14.9 Å². The van der Waals surface area contributed by atoms with Crippen LogP contribution in [-0.4, -0.2) is 72.5 Å². The minimum atomic E-state index is -4.08. The standard InChI is InChI=1S/C10H17N3O6S/c1-7-9(8(10(15)16)12-11-7)20(17,18)13(3-5-14)4-6-19-2/h14H,3-6H2,1-2H3,(H,11,12)(H,15,16). The molecular formula is C10H17N3O6S. The number of carboxylic acids is 1. The lowest BCUT2D eigenvalue weighted by molar-refractivity contribution is 0.0686. The number of rotatable bonds is 8. The van der Waals surface area contributed by atoms with Crippen molar-refractivity contribution >= 4 is 16.0 Å². The largest absolute Gasteiger partial charge is 0.476 e. The number of aliphatic hydroxyl groups excluding tert-OH is 1. The third-order valence-electron chi connectivity index (χ3n) is 2.59. The van der Waals surface area contributed by atoms with Gasteiger partial charge in [-0.3, -0.25) is 5.10 Å². The number of aliphatic hydroxyl groups is 1. The zero-order valence-electron chi connectivity index (χ0n) is 11.2. The molecule has 0 saturated carbocycles. The zero-order chi connectivity index (χ0) is 15.3. The van der Waals surface area contributed by atoms with Crippen LogP contribution in [0.3, 0.4) is 0 Å². The maximum absolute atomic E-state index is 12.5. The molecule has 1 heterocycles. The zero-order valence-corrected chi connectivity index (χ0v) is 12.0. The van der Waals surface area contributed by atoms with Gasteiger partial charge in [0.2, 0.25) is 10.0 Å². The van der Waals surface area contributed by atoms with E-state index in [0.29, 0.717) is 0 Å². The van der Waals surface area contributed by atoms with Crippen LogP contribution in [0.25, 0.3) is 0 Å². The molecule has 0 aliphatic carbocycles. The maximum atomic E-state index is 12.5. The second-order valence-corrected chi connectivity index (χ2v) is 5.83. The third kappa shape index (κ3) is 3.33. The van der Waals surface area contributed by atoms with Crippen molar-refractivity contribution in [1.29, 1.82) is 0 Å². The lowest BCUT2D eigenvalue weighted by Crippen LogP contribution is -2.37. The molecule has 0 spiro atoms. The van der Waals surface area contributed by atoms with Crippen LogP contribution < -0.4 is 0 Å². The van der Waals surface area contributed by atoms with Crippen LogP contribution in [0.15, 0.2) is 4.90 Å². The van der Waals surface area contributed by atoms with Crippen LogP contribution in [0.5, 0.6) is 0 Å². The number of aromatic carboxylic acids is 1. The average Bonchev–Trinajstić information content (AvgIpc) is 2.77. The van der Waals surface area contributed by atoms with Crippen molar-refractivity contribution in [3.8, 4) is 0 Å². The van der Waals surface area contributed by atoms with Gasteiger partial charge in [-0.1, -0.05) is 0 Å². The Bertz CT molecular complexity index is 568. The second kappa shape index (κ2) is 6.79. The molecule has 0 aliphatic heterocycles. The van der Waals surface area contributed by atoms with Crippen LogP contribution in [0, 0.1) is 6.92 Å². The number of sulfonamides is 1. The Balaban J connectivity index is 3.25. The fourth-order valence-electron chi connectivity index (χ4n) is 1.67. The number of hydrogen-bond donors (Lipinski definition) is 3. The number of H-pyrrole nitrogens is 1. The summed E-state index contributed by atoms with van der Waals surface area (Å²) in [6, 6.07) is 0. The number of nitrogens with zero attached hydrogens (tertiary/aromatic N) is 2. The lowest BCUT2D eigenvalue weighted by atomic mass is 10.4. The number of hydrogen-bond acceptors (Lipinski definition) is 6. The first-order chi connectivity index (χ1) is 9.36. The molecule has 0 atom stereocenters. The van der Waals surface area contributed by atoms with Gasteiger partial charge in [0, 0.05) is 20.2 Å². The van der Waals surface area contributed by atoms with Crippen molar-refractivity contribution < 1.29 is 28.2 Å². The van der Waals surface area contributed by atoms with Crippen molar-refractivity contribution in [3.63, 3.8) is 0 Å². The molecule has 0 amide bonds. The summed E-state index contributed by atoms with van der Waals surface area (Å²) in [6.45, 7) is 0.999. The number of methoxy groups -OCH3 is 1. The number of carbonyl (C=O) groups is 1. The normalized spacial score (nSPS) is 12.0. The molecule has 0 unspecified atom stereocenters. The van der Waals surface area contributed by atoms with Gasteiger partial charge in [-0.2, -0.15) is 9.40 Å². The molecule has 1 rings (SSSR count). The summed E-state index contributed by atoms with van der Waals surface area (Å²) in [6.07, 6.45) is 0. The molecule has 0 saturated heterocycles. The van der Waals surface area contributed by atoms with Crippen LogP contribution >= 0.6 is 0 Å². The highest BCUT2D eigenvalue weighted by atomic mass is 32.2. The molecule has 1 aromatic heterocycles. The first-order valence-corrected chi connectivity index (χ1v) is 7.18. The smallest absolute Gasteiger partial charge is 0.357 e. The summed E-state index contributed by atoms with van der Waals surface area (Å²) < 4.78 is 30.7. The van der Waals surface area contributed by atoms with E-state index in [-0.39, 0.29) is 32.0 Å². The first kappa shape index (κ1) is 16.6. The molecule has 0 aliphatic rings. The second-order valence-electron chi connectivity index (χ2n) is 3.95. The molecule has 0 aromatic carbocycles. The number of aromatic nitrogens is 2. The van der Waals surface area contributed by atoms with E-state index in [1.54, 1.807) is 0 Å². The van der Waals surface area contributed by atoms with Crippen molar-refractivity contribution in [2.75, 3.05) is 33.4 Å². The van der Waals surface area contributed by atoms with Gasteiger partial charge in [0.1, 0.15) is 4.90 Å². The van der Waals surface area contributed by atoms with Gasteiger partial charge < -0.3 is 14.9 Å². The molecule has 0 radical (unpaired) electrons. The number of carboxylic acid groups (broad SMARTS) is 1. The monoisotopic (exact) mass is 307 g/mol. The molecule has 1 aromatic rings. The number of aryl methyl sites for hydroxylation is 1. The average molecular weight is 307 g/mol. The van der Waals surface area contributed by atoms with Crippen LogP contribution in [0.2, 0.25) is 0 Å². The van der Waals surface area contributed by atoms with E-state index in [1.807, 2.05) is 0 Å². The SMILES string of the molecule is COCCN(CCO)S(=O)(=O)c1c(C(=O)O)n[nH]c1C. The van der Waals surface area contributed by atoms with Crippen molar-refractivity contribution in [1.82, 2.24) is 14.5 Å². The molecule has 9 nitrogen and oxygen atoms in total. The number of nitrogens with one attached hydrogen (secondary N) is 1. The van der Waals surface area contributed by atoms with Crippen molar-refractivity contribution in [2.24, 2.45) is 0 Å². The molecule has 0 fully saturated rings. The van der Waals surface area contributed by atoms with Crippen LogP contribution in [0.1, 0.15) is 16.2 Å². The van der Waals surface area contributed by atoms with Crippen LogP contribution in [-0.2, 0) is 14.8 Å². The number of ether oxygens (including phenoxy) is 1. The lowest BCUT2D eigenvalue weighted by Gasteiger charge is -2.20. The fraction of sp³-hybridized carbons (Fsp3) is 0.600. The molecule has 3 N–H and O–H groups in total. The quantitative estimate of drug-likeness (QED) is 0.563. The summed E-state index contributed by atoms with van der Waals surface area (Å²) in [5.41, 5.74) is -0.439.